The van der Waals surface area contributed by atoms with Crippen molar-refractivity contribution in [3.8, 4) is 5.75 Å². The summed E-state index contributed by atoms with van der Waals surface area (Å²) < 4.78 is 6.94. The van der Waals surface area contributed by atoms with Crippen molar-refractivity contribution in [1.29, 1.82) is 0 Å². The highest BCUT2D eigenvalue weighted by Gasteiger charge is 2.12. The number of fused-ring (bicyclic) bond motifs is 1. The van der Waals surface area contributed by atoms with Gasteiger partial charge in [0.25, 0.3) is 5.78 Å². The van der Waals surface area contributed by atoms with E-state index in [2.05, 4.69) is 27.3 Å². The van der Waals surface area contributed by atoms with Crippen LogP contribution >= 0.6 is 0 Å². The first-order chi connectivity index (χ1) is 10.7. The zero-order valence-electron chi connectivity index (χ0n) is 13.0. The van der Waals surface area contributed by atoms with Crippen LogP contribution in [0.5, 0.6) is 5.75 Å². The lowest BCUT2D eigenvalue weighted by atomic mass is 10.1. The summed E-state index contributed by atoms with van der Waals surface area (Å²) in [7, 11) is 1.67. The molecule has 3 rings (SSSR count). The van der Waals surface area contributed by atoms with E-state index in [0.717, 1.165) is 29.2 Å². The summed E-state index contributed by atoms with van der Waals surface area (Å²) in [6.45, 7) is 4.83. The zero-order chi connectivity index (χ0) is 15.5. The minimum Gasteiger partial charge on any atom is -0.497 e. The van der Waals surface area contributed by atoms with E-state index in [-0.39, 0.29) is 0 Å². The molecule has 0 saturated carbocycles. The Balaban J connectivity index is 1.90. The first-order valence-electron chi connectivity index (χ1n) is 7.29. The molecule has 0 spiro atoms. The van der Waals surface area contributed by atoms with Gasteiger partial charge in [0.2, 0.25) is 0 Å². The smallest absolute Gasteiger partial charge is 0.254 e. The number of rotatable bonds is 5. The highest BCUT2D eigenvalue weighted by molar-refractivity contribution is 5.52. The van der Waals surface area contributed by atoms with Crippen LogP contribution in [0.25, 0.3) is 5.78 Å². The molecule has 22 heavy (non-hydrogen) atoms. The maximum Gasteiger partial charge on any atom is 0.254 e. The SMILES string of the molecule is CCc1c(C)nc2ncnn2c1NCc1ccc(OC)cc1. The molecular weight excluding hydrogens is 278 g/mol. The Hall–Kier alpha value is -2.63. The molecule has 0 radical (unpaired) electrons. The van der Waals surface area contributed by atoms with E-state index in [1.54, 1.807) is 11.6 Å². The van der Waals surface area contributed by atoms with Crippen LogP contribution in [-0.2, 0) is 13.0 Å². The topological polar surface area (TPSA) is 64.3 Å². The molecule has 2 heterocycles. The lowest BCUT2D eigenvalue weighted by Crippen LogP contribution is -2.11. The van der Waals surface area contributed by atoms with Crippen LogP contribution in [0.3, 0.4) is 0 Å². The second kappa shape index (κ2) is 6.01. The van der Waals surface area contributed by atoms with Crippen molar-refractivity contribution in [2.75, 3.05) is 12.4 Å². The minimum absolute atomic E-state index is 0.618. The number of nitrogens with one attached hydrogen (secondary N) is 1. The first-order valence-corrected chi connectivity index (χ1v) is 7.29. The van der Waals surface area contributed by atoms with Gasteiger partial charge in [0, 0.05) is 17.8 Å². The van der Waals surface area contributed by atoms with Crippen LogP contribution < -0.4 is 10.1 Å². The molecule has 1 N–H and O–H groups in total. The molecule has 0 aliphatic rings. The van der Waals surface area contributed by atoms with E-state index in [0.29, 0.717) is 12.3 Å². The van der Waals surface area contributed by atoms with Crippen LogP contribution in [0, 0.1) is 6.92 Å². The molecule has 0 amide bonds. The summed E-state index contributed by atoms with van der Waals surface area (Å²) in [4.78, 5) is 8.66. The number of anilines is 1. The Bertz CT molecular complexity index is 779. The molecule has 0 bridgehead atoms. The van der Waals surface area contributed by atoms with Gasteiger partial charge in [-0.3, -0.25) is 0 Å². The van der Waals surface area contributed by atoms with Crippen molar-refractivity contribution >= 4 is 11.6 Å². The van der Waals surface area contributed by atoms with Crippen LogP contribution in [0.2, 0.25) is 0 Å². The van der Waals surface area contributed by atoms with E-state index in [1.807, 2.05) is 31.2 Å². The van der Waals surface area contributed by atoms with E-state index in [1.165, 1.54) is 11.9 Å². The molecular formula is C16H19N5O. The lowest BCUT2D eigenvalue weighted by Gasteiger charge is -2.14. The molecule has 2 aromatic heterocycles. The van der Waals surface area contributed by atoms with E-state index in [4.69, 9.17) is 4.74 Å². The molecule has 0 aliphatic heterocycles. The van der Waals surface area contributed by atoms with Gasteiger partial charge < -0.3 is 10.1 Å². The Morgan fingerprint density at radius 1 is 1.23 bits per heavy atom. The van der Waals surface area contributed by atoms with Gasteiger partial charge in [0.05, 0.1) is 7.11 Å². The highest BCUT2D eigenvalue weighted by atomic mass is 16.5. The van der Waals surface area contributed by atoms with Crippen molar-refractivity contribution in [1.82, 2.24) is 19.6 Å². The average molecular weight is 297 g/mol. The summed E-state index contributed by atoms with van der Waals surface area (Å²) in [6.07, 6.45) is 2.42. The molecule has 0 atom stereocenters. The van der Waals surface area contributed by atoms with Gasteiger partial charge in [0.15, 0.2) is 0 Å². The van der Waals surface area contributed by atoms with Gasteiger partial charge in [-0.25, -0.2) is 4.98 Å². The molecule has 0 unspecified atom stereocenters. The van der Waals surface area contributed by atoms with E-state index >= 15 is 0 Å². The fourth-order valence-corrected chi connectivity index (χ4v) is 2.52. The van der Waals surface area contributed by atoms with Crippen molar-refractivity contribution < 1.29 is 4.74 Å². The second-order valence-electron chi connectivity index (χ2n) is 5.05. The summed E-state index contributed by atoms with van der Waals surface area (Å²) in [5, 5.41) is 7.74. The van der Waals surface area contributed by atoms with Crippen LogP contribution in [0.1, 0.15) is 23.7 Å². The Kier molecular flexibility index (Phi) is 3.91. The molecule has 6 heteroatoms. The third-order valence-electron chi connectivity index (χ3n) is 3.70. The van der Waals surface area contributed by atoms with Crippen molar-refractivity contribution in [2.45, 2.75) is 26.8 Å². The molecule has 1 aromatic carbocycles. The Morgan fingerprint density at radius 3 is 2.68 bits per heavy atom. The number of hydrogen-bond donors (Lipinski definition) is 1. The van der Waals surface area contributed by atoms with Gasteiger partial charge in [-0.15, -0.1) is 0 Å². The summed E-state index contributed by atoms with van der Waals surface area (Å²) >= 11 is 0. The van der Waals surface area contributed by atoms with Crippen molar-refractivity contribution in [3.63, 3.8) is 0 Å². The summed E-state index contributed by atoms with van der Waals surface area (Å²) in [5.41, 5.74) is 3.32. The maximum atomic E-state index is 5.18. The Morgan fingerprint density at radius 2 is 2.00 bits per heavy atom. The summed E-state index contributed by atoms with van der Waals surface area (Å²) in [5.74, 6) is 2.43. The third kappa shape index (κ3) is 2.59. The predicted octanol–water partition coefficient (Wildman–Crippen LogP) is 2.62. The molecule has 0 aliphatic carbocycles. The third-order valence-corrected chi connectivity index (χ3v) is 3.70. The van der Waals surface area contributed by atoms with Crippen LogP contribution in [-0.4, -0.2) is 26.7 Å². The quantitative estimate of drug-likeness (QED) is 0.784. The number of methoxy groups -OCH3 is 1. The number of aryl methyl sites for hydroxylation is 1. The molecule has 0 fully saturated rings. The van der Waals surface area contributed by atoms with Crippen molar-refractivity contribution in [2.24, 2.45) is 0 Å². The fourth-order valence-electron chi connectivity index (χ4n) is 2.52. The highest BCUT2D eigenvalue weighted by Crippen LogP contribution is 2.21. The summed E-state index contributed by atoms with van der Waals surface area (Å²) in [6, 6.07) is 8.01. The normalized spacial score (nSPS) is 10.9. The first kappa shape index (κ1) is 14.3. The predicted molar refractivity (Wildman–Crippen MR) is 85.2 cm³/mol. The maximum absolute atomic E-state index is 5.18. The number of ether oxygens (including phenoxy) is 1. The van der Waals surface area contributed by atoms with Gasteiger partial charge in [-0.1, -0.05) is 19.1 Å². The van der Waals surface area contributed by atoms with Crippen LogP contribution in [0.4, 0.5) is 5.82 Å². The van der Waals surface area contributed by atoms with Crippen LogP contribution in [0.15, 0.2) is 30.6 Å². The standard InChI is InChI=1S/C16H19N5O/c1-4-14-11(2)20-16-18-10-19-21(16)15(14)17-9-12-5-7-13(22-3)8-6-12/h5-8,10,17H,4,9H2,1-3H3. The van der Waals surface area contributed by atoms with E-state index < -0.39 is 0 Å². The minimum atomic E-state index is 0.618. The monoisotopic (exact) mass is 297 g/mol. The Labute approximate surface area is 129 Å². The van der Waals surface area contributed by atoms with Gasteiger partial charge in [0.1, 0.15) is 17.9 Å². The van der Waals surface area contributed by atoms with Crippen molar-refractivity contribution in [3.05, 3.63) is 47.4 Å². The molecule has 114 valence electrons. The number of benzene rings is 1. The molecule has 0 saturated heterocycles. The van der Waals surface area contributed by atoms with Gasteiger partial charge >= 0.3 is 0 Å². The lowest BCUT2D eigenvalue weighted by molar-refractivity contribution is 0.414. The largest absolute Gasteiger partial charge is 0.497 e. The number of hydrogen-bond acceptors (Lipinski definition) is 5. The van der Waals surface area contributed by atoms with Gasteiger partial charge in [-0.05, 0) is 31.0 Å². The zero-order valence-corrected chi connectivity index (χ0v) is 13.0. The van der Waals surface area contributed by atoms with E-state index in [9.17, 15) is 0 Å². The number of aromatic nitrogens is 4. The molecule has 3 aromatic rings. The molecule has 6 nitrogen and oxygen atoms in total. The number of nitrogens with zero attached hydrogens (tertiary/aromatic N) is 4. The van der Waals surface area contributed by atoms with Gasteiger partial charge in [-0.2, -0.15) is 14.6 Å². The average Bonchev–Trinajstić information content (AvgIpc) is 3.00. The fraction of sp³-hybridized carbons (Fsp3) is 0.312. The second-order valence-corrected chi connectivity index (χ2v) is 5.05.